The van der Waals surface area contributed by atoms with Crippen molar-refractivity contribution in [1.82, 2.24) is 9.97 Å². The van der Waals surface area contributed by atoms with Crippen LogP contribution in [0.3, 0.4) is 0 Å². The van der Waals surface area contributed by atoms with Crippen molar-refractivity contribution in [3.8, 4) is 0 Å². The topological polar surface area (TPSA) is 45.8 Å². The Morgan fingerprint density at radius 3 is 3.08 bits per heavy atom. The summed E-state index contributed by atoms with van der Waals surface area (Å²) in [5.74, 6) is 0. The standard InChI is InChI=1S/C9H8N2O/c1-6-2-3-8-9(11-6)7(5-12)4-10-8/h2-5,10H,1H3. The molecule has 0 saturated carbocycles. The molecule has 1 N–H and O–H groups in total. The van der Waals surface area contributed by atoms with Gasteiger partial charge < -0.3 is 4.98 Å². The first-order chi connectivity index (χ1) is 5.81. The van der Waals surface area contributed by atoms with Gasteiger partial charge in [-0.05, 0) is 19.1 Å². The van der Waals surface area contributed by atoms with Crippen molar-refractivity contribution in [3.63, 3.8) is 0 Å². The molecule has 0 aliphatic heterocycles. The molecule has 0 aromatic carbocycles. The van der Waals surface area contributed by atoms with Crippen molar-refractivity contribution in [1.29, 1.82) is 0 Å². The summed E-state index contributed by atoms with van der Waals surface area (Å²) >= 11 is 0. The molecule has 0 atom stereocenters. The third-order valence-corrected chi connectivity index (χ3v) is 1.82. The van der Waals surface area contributed by atoms with Gasteiger partial charge in [-0.2, -0.15) is 0 Å². The lowest BCUT2D eigenvalue weighted by Gasteiger charge is -1.91. The minimum absolute atomic E-state index is 0.619. The second-order valence-electron chi connectivity index (χ2n) is 2.71. The van der Waals surface area contributed by atoms with Crippen molar-refractivity contribution < 1.29 is 4.79 Å². The van der Waals surface area contributed by atoms with Crippen molar-refractivity contribution in [3.05, 3.63) is 29.6 Å². The van der Waals surface area contributed by atoms with Crippen LogP contribution in [0.15, 0.2) is 18.3 Å². The minimum Gasteiger partial charge on any atom is -0.359 e. The number of carbonyl (C=O) groups excluding carboxylic acids is 1. The van der Waals surface area contributed by atoms with Crippen LogP contribution in [0.5, 0.6) is 0 Å². The van der Waals surface area contributed by atoms with Gasteiger partial charge in [0.15, 0.2) is 6.29 Å². The SMILES string of the molecule is Cc1ccc2[nH]cc(C=O)c2n1. The number of hydrogen-bond donors (Lipinski definition) is 1. The maximum absolute atomic E-state index is 10.5. The van der Waals surface area contributed by atoms with Crippen LogP contribution in [-0.4, -0.2) is 16.3 Å². The number of nitrogens with zero attached hydrogens (tertiary/aromatic N) is 1. The zero-order valence-electron chi connectivity index (χ0n) is 6.66. The zero-order chi connectivity index (χ0) is 8.55. The fraction of sp³-hybridized carbons (Fsp3) is 0.111. The summed E-state index contributed by atoms with van der Waals surface area (Å²) in [5.41, 5.74) is 3.20. The van der Waals surface area contributed by atoms with Gasteiger partial charge in [-0.25, -0.2) is 0 Å². The first-order valence-electron chi connectivity index (χ1n) is 3.71. The number of aryl methyl sites for hydroxylation is 1. The van der Waals surface area contributed by atoms with E-state index in [2.05, 4.69) is 9.97 Å². The molecule has 3 heteroatoms. The first-order valence-corrected chi connectivity index (χ1v) is 3.71. The molecule has 0 radical (unpaired) electrons. The summed E-state index contributed by atoms with van der Waals surface area (Å²) in [6.07, 6.45) is 2.48. The highest BCUT2D eigenvalue weighted by molar-refractivity contribution is 5.94. The van der Waals surface area contributed by atoms with E-state index >= 15 is 0 Å². The molecule has 60 valence electrons. The quantitative estimate of drug-likeness (QED) is 0.645. The third-order valence-electron chi connectivity index (χ3n) is 1.82. The van der Waals surface area contributed by atoms with E-state index in [1.807, 2.05) is 19.1 Å². The fourth-order valence-electron chi connectivity index (χ4n) is 1.21. The van der Waals surface area contributed by atoms with E-state index in [4.69, 9.17) is 0 Å². The van der Waals surface area contributed by atoms with Gasteiger partial charge in [0.25, 0.3) is 0 Å². The van der Waals surface area contributed by atoms with E-state index in [0.29, 0.717) is 5.56 Å². The van der Waals surface area contributed by atoms with Crippen LogP contribution in [0.1, 0.15) is 16.1 Å². The Labute approximate surface area is 69.4 Å². The molecule has 2 rings (SSSR count). The summed E-state index contributed by atoms with van der Waals surface area (Å²) < 4.78 is 0. The van der Waals surface area contributed by atoms with Gasteiger partial charge in [0.1, 0.15) is 0 Å². The number of aldehydes is 1. The largest absolute Gasteiger partial charge is 0.359 e. The van der Waals surface area contributed by atoms with Gasteiger partial charge in [0.2, 0.25) is 0 Å². The maximum atomic E-state index is 10.5. The van der Waals surface area contributed by atoms with E-state index in [9.17, 15) is 4.79 Å². The van der Waals surface area contributed by atoms with Crippen molar-refractivity contribution in [2.45, 2.75) is 6.92 Å². The van der Waals surface area contributed by atoms with Crippen LogP contribution >= 0.6 is 0 Å². The predicted octanol–water partition coefficient (Wildman–Crippen LogP) is 1.68. The molecule has 12 heavy (non-hydrogen) atoms. The Kier molecular flexibility index (Phi) is 1.43. The number of carbonyl (C=O) groups is 1. The zero-order valence-corrected chi connectivity index (χ0v) is 6.66. The van der Waals surface area contributed by atoms with Gasteiger partial charge in [0, 0.05) is 11.9 Å². The first kappa shape index (κ1) is 7.03. The van der Waals surface area contributed by atoms with E-state index in [1.165, 1.54) is 0 Å². The average molecular weight is 160 g/mol. The Hall–Kier alpha value is -1.64. The molecule has 0 aliphatic carbocycles. The molecule has 2 aromatic heterocycles. The smallest absolute Gasteiger partial charge is 0.153 e. The molecule has 2 aromatic rings. The second kappa shape index (κ2) is 2.44. The van der Waals surface area contributed by atoms with Gasteiger partial charge in [-0.15, -0.1) is 0 Å². The highest BCUT2D eigenvalue weighted by atomic mass is 16.1. The number of hydrogen-bond acceptors (Lipinski definition) is 2. The van der Waals surface area contributed by atoms with Crippen molar-refractivity contribution in [2.75, 3.05) is 0 Å². The van der Waals surface area contributed by atoms with Crippen LogP contribution in [-0.2, 0) is 0 Å². The Balaban J connectivity index is 2.83. The summed E-state index contributed by atoms with van der Waals surface area (Å²) in [5, 5.41) is 0. The molecule has 0 saturated heterocycles. The number of rotatable bonds is 1. The van der Waals surface area contributed by atoms with Crippen molar-refractivity contribution in [2.24, 2.45) is 0 Å². The maximum Gasteiger partial charge on any atom is 0.153 e. The molecule has 0 aliphatic rings. The molecule has 0 spiro atoms. The van der Waals surface area contributed by atoms with E-state index < -0.39 is 0 Å². The number of H-pyrrole nitrogens is 1. The fourth-order valence-corrected chi connectivity index (χ4v) is 1.21. The van der Waals surface area contributed by atoms with Crippen LogP contribution in [0.4, 0.5) is 0 Å². The van der Waals surface area contributed by atoms with Gasteiger partial charge in [-0.3, -0.25) is 9.78 Å². The number of fused-ring (bicyclic) bond motifs is 1. The lowest BCUT2D eigenvalue weighted by atomic mass is 10.2. The van der Waals surface area contributed by atoms with Crippen LogP contribution in [0.2, 0.25) is 0 Å². The normalized spacial score (nSPS) is 10.4. The Morgan fingerprint density at radius 1 is 1.50 bits per heavy atom. The number of aromatic amines is 1. The van der Waals surface area contributed by atoms with Crippen molar-refractivity contribution >= 4 is 17.3 Å². The monoisotopic (exact) mass is 160 g/mol. The van der Waals surface area contributed by atoms with Crippen LogP contribution in [0, 0.1) is 6.92 Å². The number of nitrogens with one attached hydrogen (secondary N) is 1. The lowest BCUT2D eigenvalue weighted by Crippen LogP contribution is -1.82. The predicted molar refractivity (Wildman–Crippen MR) is 46.2 cm³/mol. The Bertz CT molecular complexity index is 431. The Morgan fingerprint density at radius 2 is 2.33 bits per heavy atom. The molecule has 0 unspecified atom stereocenters. The highest BCUT2D eigenvalue weighted by Crippen LogP contribution is 2.13. The van der Waals surface area contributed by atoms with Crippen LogP contribution in [0.25, 0.3) is 11.0 Å². The van der Waals surface area contributed by atoms with E-state index in [-0.39, 0.29) is 0 Å². The molecule has 0 amide bonds. The lowest BCUT2D eigenvalue weighted by molar-refractivity contribution is 0.112. The summed E-state index contributed by atoms with van der Waals surface area (Å²) in [6.45, 7) is 1.90. The van der Waals surface area contributed by atoms with Gasteiger partial charge in [-0.1, -0.05) is 0 Å². The van der Waals surface area contributed by atoms with Crippen LogP contribution < -0.4 is 0 Å². The summed E-state index contributed by atoms with van der Waals surface area (Å²) in [7, 11) is 0. The molecule has 3 nitrogen and oxygen atoms in total. The number of pyridine rings is 1. The minimum atomic E-state index is 0.619. The highest BCUT2D eigenvalue weighted by Gasteiger charge is 2.02. The second-order valence-corrected chi connectivity index (χ2v) is 2.71. The molecular weight excluding hydrogens is 152 g/mol. The van der Waals surface area contributed by atoms with Gasteiger partial charge in [0.05, 0.1) is 16.6 Å². The third kappa shape index (κ3) is 0.906. The molecule has 0 fully saturated rings. The van der Waals surface area contributed by atoms with E-state index in [0.717, 1.165) is 23.0 Å². The molecule has 0 bridgehead atoms. The summed E-state index contributed by atoms with van der Waals surface area (Å²) in [6, 6.07) is 3.83. The average Bonchev–Trinajstić information content (AvgIpc) is 2.46. The molecule has 2 heterocycles. The number of aromatic nitrogens is 2. The molecular formula is C9H8N2O. The van der Waals surface area contributed by atoms with Gasteiger partial charge >= 0.3 is 0 Å². The summed E-state index contributed by atoms with van der Waals surface area (Å²) in [4.78, 5) is 17.7. The van der Waals surface area contributed by atoms with E-state index in [1.54, 1.807) is 6.20 Å².